The number of halogens is 1. The van der Waals surface area contributed by atoms with Crippen LogP contribution in [0.1, 0.15) is 18.1 Å². The van der Waals surface area contributed by atoms with E-state index >= 15 is 0 Å². The second kappa shape index (κ2) is 6.68. The van der Waals surface area contributed by atoms with Crippen LogP contribution < -0.4 is 10.1 Å². The Morgan fingerprint density at radius 1 is 1.32 bits per heavy atom. The van der Waals surface area contributed by atoms with Gasteiger partial charge in [-0.25, -0.2) is 4.98 Å². The number of nitrogens with zero attached hydrogens (tertiary/aromatic N) is 1. The fourth-order valence-electron chi connectivity index (χ4n) is 1.72. The molecule has 0 unspecified atom stereocenters. The van der Waals surface area contributed by atoms with E-state index < -0.39 is 0 Å². The molecule has 4 heteroatoms. The number of nitrogens with one attached hydrogen (secondary N) is 1. The maximum Gasteiger partial charge on any atom is 0.222 e. The Morgan fingerprint density at radius 3 is 2.79 bits per heavy atom. The van der Waals surface area contributed by atoms with E-state index in [1.54, 1.807) is 0 Å². The molecule has 0 bridgehead atoms. The Kier molecular flexibility index (Phi) is 4.93. The number of pyridine rings is 1. The van der Waals surface area contributed by atoms with Gasteiger partial charge in [0, 0.05) is 18.3 Å². The number of rotatable bonds is 5. The maximum absolute atomic E-state index is 5.82. The quantitative estimate of drug-likeness (QED) is 0.902. The number of para-hydroxylation sites is 1. The third kappa shape index (κ3) is 3.78. The molecule has 0 saturated heterocycles. The van der Waals surface area contributed by atoms with Crippen LogP contribution in [0.5, 0.6) is 11.6 Å². The SMILES string of the molecule is CCNCc1cnc(Oc2ccccc2Br)c(C)c1. The Morgan fingerprint density at radius 2 is 2.11 bits per heavy atom. The highest BCUT2D eigenvalue weighted by molar-refractivity contribution is 9.10. The number of aryl methyl sites for hydroxylation is 1. The van der Waals surface area contributed by atoms with Gasteiger partial charge in [0.1, 0.15) is 5.75 Å². The first-order valence-electron chi connectivity index (χ1n) is 6.29. The zero-order chi connectivity index (χ0) is 13.7. The van der Waals surface area contributed by atoms with Gasteiger partial charge in [0.05, 0.1) is 4.47 Å². The Hall–Kier alpha value is -1.39. The Balaban J connectivity index is 2.15. The molecule has 0 radical (unpaired) electrons. The van der Waals surface area contributed by atoms with E-state index in [4.69, 9.17) is 4.74 Å². The molecular formula is C15H17BrN2O. The van der Waals surface area contributed by atoms with Crippen molar-refractivity contribution < 1.29 is 4.74 Å². The molecule has 1 N–H and O–H groups in total. The first-order chi connectivity index (χ1) is 9.20. The first kappa shape index (κ1) is 14.0. The van der Waals surface area contributed by atoms with Gasteiger partial charge in [-0.3, -0.25) is 0 Å². The smallest absolute Gasteiger partial charge is 0.222 e. The third-order valence-corrected chi connectivity index (χ3v) is 3.36. The second-order valence-corrected chi connectivity index (χ2v) is 5.13. The van der Waals surface area contributed by atoms with Crippen molar-refractivity contribution in [3.63, 3.8) is 0 Å². The van der Waals surface area contributed by atoms with Gasteiger partial charge in [-0.1, -0.05) is 19.1 Å². The number of hydrogen-bond donors (Lipinski definition) is 1. The Bertz CT molecular complexity index is 558. The van der Waals surface area contributed by atoms with Crippen molar-refractivity contribution in [1.29, 1.82) is 0 Å². The van der Waals surface area contributed by atoms with Crippen molar-refractivity contribution in [3.8, 4) is 11.6 Å². The van der Waals surface area contributed by atoms with Gasteiger partial charge in [-0.15, -0.1) is 0 Å². The van der Waals surface area contributed by atoms with Crippen LogP contribution >= 0.6 is 15.9 Å². The molecule has 1 aromatic heterocycles. The minimum Gasteiger partial charge on any atom is -0.438 e. The molecule has 0 aliphatic carbocycles. The molecule has 0 aliphatic rings. The van der Waals surface area contributed by atoms with E-state index in [-0.39, 0.29) is 0 Å². The van der Waals surface area contributed by atoms with Crippen LogP contribution in [-0.2, 0) is 6.54 Å². The lowest BCUT2D eigenvalue weighted by Crippen LogP contribution is -2.12. The monoisotopic (exact) mass is 320 g/mol. The van der Waals surface area contributed by atoms with Crippen molar-refractivity contribution in [2.24, 2.45) is 0 Å². The molecule has 1 aromatic carbocycles. The van der Waals surface area contributed by atoms with E-state index in [0.717, 1.165) is 28.9 Å². The molecule has 0 aliphatic heterocycles. The summed E-state index contributed by atoms with van der Waals surface area (Å²) in [4.78, 5) is 4.38. The molecule has 100 valence electrons. The third-order valence-electron chi connectivity index (χ3n) is 2.71. The molecule has 0 spiro atoms. The van der Waals surface area contributed by atoms with E-state index in [9.17, 15) is 0 Å². The molecule has 0 amide bonds. The van der Waals surface area contributed by atoms with Gasteiger partial charge in [0.2, 0.25) is 5.88 Å². The van der Waals surface area contributed by atoms with Crippen molar-refractivity contribution in [2.45, 2.75) is 20.4 Å². The Labute approximate surface area is 122 Å². The van der Waals surface area contributed by atoms with Crippen LogP contribution in [0.4, 0.5) is 0 Å². The van der Waals surface area contributed by atoms with Gasteiger partial charge in [-0.2, -0.15) is 0 Å². The minimum atomic E-state index is 0.646. The lowest BCUT2D eigenvalue weighted by molar-refractivity contribution is 0.455. The minimum absolute atomic E-state index is 0.646. The maximum atomic E-state index is 5.82. The van der Waals surface area contributed by atoms with Crippen molar-refractivity contribution in [3.05, 3.63) is 52.1 Å². The fraction of sp³-hybridized carbons (Fsp3) is 0.267. The topological polar surface area (TPSA) is 34.2 Å². The molecule has 0 atom stereocenters. The lowest BCUT2D eigenvalue weighted by atomic mass is 10.2. The number of hydrogen-bond acceptors (Lipinski definition) is 3. The lowest BCUT2D eigenvalue weighted by Gasteiger charge is -2.10. The highest BCUT2D eigenvalue weighted by Gasteiger charge is 2.06. The van der Waals surface area contributed by atoms with Gasteiger partial charge >= 0.3 is 0 Å². The molecule has 2 rings (SSSR count). The van der Waals surface area contributed by atoms with Gasteiger partial charge in [0.15, 0.2) is 0 Å². The zero-order valence-corrected chi connectivity index (χ0v) is 12.7. The van der Waals surface area contributed by atoms with Crippen molar-refractivity contribution >= 4 is 15.9 Å². The summed E-state index contributed by atoms with van der Waals surface area (Å²) in [5, 5.41) is 3.28. The molecule has 1 heterocycles. The predicted octanol–water partition coefficient (Wildman–Crippen LogP) is 4.05. The summed E-state index contributed by atoms with van der Waals surface area (Å²) in [5.74, 6) is 1.42. The average Bonchev–Trinajstić information content (AvgIpc) is 2.41. The summed E-state index contributed by atoms with van der Waals surface area (Å²) in [6, 6.07) is 9.86. The van der Waals surface area contributed by atoms with E-state index in [2.05, 4.69) is 39.2 Å². The molecule has 2 aromatic rings. The second-order valence-electron chi connectivity index (χ2n) is 4.28. The largest absolute Gasteiger partial charge is 0.438 e. The van der Waals surface area contributed by atoms with E-state index in [1.807, 2.05) is 37.4 Å². The summed E-state index contributed by atoms with van der Waals surface area (Å²) >= 11 is 3.46. The number of aromatic nitrogens is 1. The van der Waals surface area contributed by atoms with Crippen LogP contribution in [0.2, 0.25) is 0 Å². The van der Waals surface area contributed by atoms with Crippen molar-refractivity contribution in [1.82, 2.24) is 10.3 Å². The molecule has 19 heavy (non-hydrogen) atoms. The fourth-order valence-corrected chi connectivity index (χ4v) is 2.09. The molecular weight excluding hydrogens is 304 g/mol. The standard InChI is InChI=1S/C15H17BrN2O/c1-3-17-9-12-8-11(2)15(18-10-12)19-14-7-5-4-6-13(14)16/h4-8,10,17H,3,9H2,1-2H3. The van der Waals surface area contributed by atoms with Crippen LogP contribution in [0.3, 0.4) is 0 Å². The summed E-state index contributed by atoms with van der Waals surface area (Å²) in [7, 11) is 0. The average molecular weight is 321 g/mol. The van der Waals surface area contributed by atoms with Gasteiger partial charge < -0.3 is 10.1 Å². The molecule has 0 saturated carbocycles. The number of ether oxygens (including phenoxy) is 1. The van der Waals surface area contributed by atoms with E-state index in [1.165, 1.54) is 5.56 Å². The van der Waals surface area contributed by atoms with Crippen LogP contribution in [0.25, 0.3) is 0 Å². The highest BCUT2D eigenvalue weighted by atomic mass is 79.9. The van der Waals surface area contributed by atoms with Crippen LogP contribution in [0, 0.1) is 6.92 Å². The van der Waals surface area contributed by atoms with Crippen LogP contribution in [0.15, 0.2) is 41.0 Å². The summed E-state index contributed by atoms with van der Waals surface area (Å²) < 4.78 is 6.74. The summed E-state index contributed by atoms with van der Waals surface area (Å²) in [5.41, 5.74) is 2.20. The summed E-state index contributed by atoms with van der Waals surface area (Å²) in [6.45, 7) is 5.88. The molecule has 3 nitrogen and oxygen atoms in total. The zero-order valence-electron chi connectivity index (χ0n) is 11.1. The van der Waals surface area contributed by atoms with Gasteiger partial charge in [-0.05, 0) is 53.2 Å². The number of benzene rings is 1. The van der Waals surface area contributed by atoms with Gasteiger partial charge in [0.25, 0.3) is 0 Å². The predicted molar refractivity (Wildman–Crippen MR) is 80.6 cm³/mol. The normalized spacial score (nSPS) is 10.5. The van der Waals surface area contributed by atoms with E-state index in [0.29, 0.717) is 5.88 Å². The summed E-state index contributed by atoms with van der Waals surface area (Å²) in [6.07, 6.45) is 1.85. The molecule has 0 fully saturated rings. The first-order valence-corrected chi connectivity index (χ1v) is 7.08. The van der Waals surface area contributed by atoms with Crippen molar-refractivity contribution in [2.75, 3.05) is 6.54 Å². The van der Waals surface area contributed by atoms with Crippen LogP contribution in [-0.4, -0.2) is 11.5 Å². The highest BCUT2D eigenvalue weighted by Crippen LogP contribution is 2.29.